The van der Waals surface area contributed by atoms with Gasteiger partial charge in [0.2, 0.25) is 0 Å². The first-order valence-corrected chi connectivity index (χ1v) is 24.8. The molecule has 3 N–H and O–H groups in total. The quantitative estimate of drug-likeness (QED) is 0.186. The maximum absolute atomic E-state index is 10.5. The van der Waals surface area contributed by atoms with E-state index in [-0.39, 0.29) is 17.1 Å². The van der Waals surface area contributed by atoms with Crippen molar-refractivity contribution in [2.45, 2.75) is 0 Å². The molecule has 0 aromatic carbocycles. The molecule has 0 saturated carbocycles. The Balaban J connectivity index is -0.0000000647. The molecule has 0 bridgehead atoms. The van der Waals surface area contributed by atoms with E-state index in [1.807, 2.05) is 0 Å². The molecule has 0 aliphatic rings. The van der Waals surface area contributed by atoms with Crippen LogP contribution in [0.5, 0.6) is 0 Å². The topological polar surface area (TPSA) is 297 Å². The molecule has 0 rings (SSSR count). The molecular formula is C18H57ClFeO22P6+3. The van der Waals surface area contributed by atoms with Gasteiger partial charge in [0.15, 0.2) is 0 Å². The fourth-order valence-corrected chi connectivity index (χ4v) is 1.34. The van der Waals surface area contributed by atoms with Crippen molar-refractivity contribution >= 4 is 45.6 Å². The molecule has 30 heteroatoms. The van der Waals surface area contributed by atoms with E-state index in [2.05, 4.69) is 54.3 Å². The van der Waals surface area contributed by atoms with Crippen LogP contribution in [-0.2, 0) is 98.7 Å². The summed E-state index contributed by atoms with van der Waals surface area (Å²) in [5.41, 5.74) is 0. The Bertz CT molecular complexity index is 774. The van der Waals surface area contributed by atoms with Crippen molar-refractivity contribution in [3.8, 4) is 0 Å². The normalized spacial score (nSPS) is 12.0. The standard InChI is InChI=1S/6C3H9O3P.ClH3O4.Fe/c6*1-5-7(3,4)6-2;2-1(3,4)5;/h6*1-3H3;2-4H;/q;;;;;;;+3. The van der Waals surface area contributed by atoms with Crippen LogP contribution < -0.4 is 4.66 Å². The molecule has 48 heavy (non-hydrogen) atoms. The van der Waals surface area contributed by atoms with E-state index in [0.29, 0.717) is 0 Å². The van der Waals surface area contributed by atoms with Gasteiger partial charge in [0.25, 0.3) is 0 Å². The van der Waals surface area contributed by atoms with Crippen molar-refractivity contribution < 1.29 is 128 Å². The van der Waals surface area contributed by atoms with Crippen LogP contribution in [-0.4, -0.2) is 139 Å². The van der Waals surface area contributed by atoms with E-state index < -0.39 is 55.8 Å². The van der Waals surface area contributed by atoms with Gasteiger partial charge < -0.3 is 54.3 Å². The van der Waals surface area contributed by atoms with E-state index in [0.717, 1.165) is 0 Å². The fraction of sp³-hybridized carbons (Fsp3) is 1.00. The van der Waals surface area contributed by atoms with Gasteiger partial charge in [-0.05, 0) is 0 Å². The van der Waals surface area contributed by atoms with Crippen molar-refractivity contribution in [2.24, 2.45) is 0 Å². The van der Waals surface area contributed by atoms with E-state index >= 15 is 0 Å². The number of rotatable bonds is 12. The van der Waals surface area contributed by atoms with Crippen molar-refractivity contribution in [2.75, 3.05) is 125 Å². The second-order valence-corrected chi connectivity index (χ2v) is 21.8. The summed E-state index contributed by atoms with van der Waals surface area (Å²) >= 11 is 0. The summed E-state index contributed by atoms with van der Waals surface area (Å²) in [6.07, 6.45) is 0. The van der Waals surface area contributed by atoms with Crippen LogP contribution in [0.3, 0.4) is 0 Å². The summed E-state index contributed by atoms with van der Waals surface area (Å²) < 4.78 is 146. The molecule has 0 amide bonds. The van der Waals surface area contributed by atoms with Gasteiger partial charge >= 0.3 is 91.5 Å². The van der Waals surface area contributed by atoms with Crippen LogP contribution in [0.4, 0.5) is 0 Å². The summed E-state index contributed by atoms with van der Waals surface area (Å²) in [7, 11) is -3.90. The van der Waals surface area contributed by atoms with E-state index in [1.54, 1.807) is 0 Å². The predicted molar refractivity (Wildman–Crippen MR) is 172 cm³/mol. The molecular weight excluding hydrogens is 845 g/mol. The molecule has 303 valence electrons. The average molecular weight is 903 g/mol. The number of halogens is 1. The molecule has 0 aliphatic carbocycles. The summed E-state index contributed by atoms with van der Waals surface area (Å²) in [6, 6.07) is 0. The molecule has 0 heterocycles. The van der Waals surface area contributed by atoms with Crippen LogP contribution >= 0.6 is 45.6 Å². The predicted octanol–water partition coefficient (Wildman–Crippen LogP) is 3.75. The molecule has 0 aromatic heterocycles. The van der Waals surface area contributed by atoms with Crippen molar-refractivity contribution in [1.29, 1.82) is 0 Å². The Hall–Kier alpha value is 1.55. The molecule has 0 aliphatic heterocycles. The van der Waals surface area contributed by atoms with E-state index in [4.69, 9.17) is 18.6 Å². The third-order valence-corrected chi connectivity index (χ3v) is 11.9. The first-order valence-electron chi connectivity index (χ1n) is 11.5. The molecule has 0 unspecified atom stereocenters. The molecule has 0 spiro atoms. The summed E-state index contributed by atoms with van der Waals surface area (Å²) in [6.45, 7) is 8.46. The van der Waals surface area contributed by atoms with Gasteiger partial charge in [-0.1, -0.05) is 0 Å². The second kappa shape index (κ2) is 35.6. The molecule has 22 nitrogen and oxygen atoms in total. The average Bonchev–Trinajstić information content (AvgIpc) is 3.01. The van der Waals surface area contributed by atoms with Crippen molar-refractivity contribution in [1.82, 2.24) is 0 Å². The maximum atomic E-state index is 10.5. The molecule has 0 saturated heterocycles. The van der Waals surface area contributed by atoms with Crippen LogP contribution in [0, 0.1) is 10.2 Å². The summed E-state index contributed by atoms with van der Waals surface area (Å²) in [5.74, 6) is 0. The third kappa shape index (κ3) is 73.1. The van der Waals surface area contributed by atoms with Crippen LogP contribution in [0.1, 0.15) is 0 Å². The molecule has 0 fully saturated rings. The Morgan fingerprint density at radius 3 is 0.375 bits per heavy atom. The van der Waals surface area contributed by atoms with Gasteiger partial charge in [-0.2, -0.15) is 0 Å². The zero-order valence-electron chi connectivity index (χ0n) is 30.5. The van der Waals surface area contributed by atoms with E-state index in [9.17, 15) is 27.4 Å². The molecule has 0 aromatic rings. The van der Waals surface area contributed by atoms with Gasteiger partial charge in [0, 0.05) is 125 Å². The Kier molecular flexibility index (Phi) is 50.1. The number of hydrogen-bond donors (Lipinski definition) is 3. The zero-order chi connectivity index (χ0) is 40.0. The van der Waals surface area contributed by atoms with Gasteiger partial charge in [0.05, 0.1) is 0 Å². The van der Waals surface area contributed by atoms with E-state index in [1.165, 1.54) is 125 Å². The Morgan fingerprint density at radius 2 is 0.375 bits per heavy atom. The van der Waals surface area contributed by atoms with Crippen LogP contribution in [0.15, 0.2) is 0 Å². The Labute approximate surface area is 297 Å². The van der Waals surface area contributed by atoms with Gasteiger partial charge in [0.1, 0.15) is 0 Å². The Morgan fingerprint density at radius 1 is 0.333 bits per heavy atom. The van der Waals surface area contributed by atoms with Gasteiger partial charge in [-0.3, -0.25) is 27.4 Å². The third-order valence-electron chi connectivity index (χ3n) is 3.98. The monoisotopic (exact) mass is 902 g/mol. The summed E-state index contributed by atoms with van der Waals surface area (Å²) in [5, 5.41) is 0. The van der Waals surface area contributed by atoms with Gasteiger partial charge in [-0.15, -0.1) is 0 Å². The van der Waals surface area contributed by atoms with Crippen molar-refractivity contribution in [3.63, 3.8) is 0 Å². The minimum absolute atomic E-state index is 0. The first kappa shape index (κ1) is 67.7. The SMILES string of the molecule is COP(C)(=O)OC.COP(C)(=O)OC.COP(C)(=O)OC.COP(C)(=O)OC.COP(C)(=O)OC.COP(C)(=O)OC.[Fe+3].[O-][Cl+](O)(O)O. The second-order valence-electron chi connectivity index (χ2n) is 7.25. The van der Waals surface area contributed by atoms with Gasteiger partial charge in [-0.25, -0.2) is 0 Å². The summed E-state index contributed by atoms with van der Waals surface area (Å²) in [4.78, 5) is 0. The first-order chi connectivity index (χ1) is 20.7. The van der Waals surface area contributed by atoms with Crippen LogP contribution in [0.2, 0.25) is 0 Å². The molecule has 0 atom stereocenters. The minimum atomic E-state index is -4.19. The van der Waals surface area contributed by atoms with Crippen LogP contribution in [0.25, 0.3) is 0 Å². The fourth-order valence-electron chi connectivity index (χ4n) is 0.447. The molecule has 1 radical (unpaired) electrons. The number of hydrogen-bond acceptors (Lipinski definition) is 22. The zero-order valence-corrected chi connectivity index (χ0v) is 37.7. The van der Waals surface area contributed by atoms with Crippen molar-refractivity contribution in [3.05, 3.63) is 0 Å².